The zero-order chi connectivity index (χ0) is 14.2. The van der Waals surface area contributed by atoms with E-state index >= 15 is 0 Å². The molecule has 0 aliphatic rings. The molecular weight excluding hydrogens is 277 g/mol. The second kappa shape index (κ2) is 5.05. The van der Waals surface area contributed by atoms with E-state index in [1.165, 1.54) is 25.1 Å². The summed E-state index contributed by atoms with van der Waals surface area (Å²) >= 11 is 5.71. The molecule has 98 valence electrons. The summed E-state index contributed by atoms with van der Waals surface area (Å²) in [6, 6.07) is 5.75. The standard InChI is InChI=1S/C14H8ClF3O/c1-7-5-6-10(17)12(13(7)18)14(19)11-8(15)3-2-4-9(11)16/h2-6H,1H3. The summed E-state index contributed by atoms with van der Waals surface area (Å²) in [6.07, 6.45) is 0. The van der Waals surface area contributed by atoms with Gasteiger partial charge in [-0.3, -0.25) is 4.79 Å². The zero-order valence-electron chi connectivity index (χ0n) is 9.81. The number of benzene rings is 2. The van der Waals surface area contributed by atoms with Gasteiger partial charge in [0.1, 0.15) is 17.5 Å². The molecule has 0 bridgehead atoms. The lowest BCUT2D eigenvalue weighted by atomic mass is 9.99. The lowest BCUT2D eigenvalue weighted by Gasteiger charge is -2.08. The van der Waals surface area contributed by atoms with E-state index in [-0.39, 0.29) is 10.6 Å². The van der Waals surface area contributed by atoms with Crippen LogP contribution in [-0.4, -0.2) is 5.78 Å². The van der Waals surface area contributed by atoms with Crippen molar-refractivity contribution < 1.29 is 18.0 Å². The van der Waals surface area contributed by atoms with E-state index < -0.39 is 34.4 Å². The SMILES string of the molecule is Cc1ccc(F)c(C(=O)c2c(F)cccc2Cl)c1F. The van der Waals surface area contributed by atoms with Crippen LogP contribution >= 0.6 is 11.6 Å². The Bertz CT molecular complexity index is 648. The van der Waals surface area contributed by atoms with Crippen LogP contribution in [0.1, 0.15) is 21.5 Å². The average Bonchev–Trinajstić information content (AvgIpc) is 2.34. The average molecular weight is 285 g/mol. The van der Waals surface area contributed by atoms with Crippen LogP contribution in [0.2, 0.25) is 5.02 Å². The van der Waals surface area contributed by atoms with Gasteiger partial charge >= 0.3 is 0 Å². The van der Waals surface area contributed by atoms with Gasteiger partial charge in [-0.25, -0.2) is 13.2 Å². The molecule has 1 nitrogen and oxygen atoms in total. The highest BCUT2D eigenvalue weighted by atomic mass is 35.5. The Morgan fingerprint density at radius 3 is 2.26 bits per heavy atom. The molecule has 0 N–H and O–H groups in total. The fourth-order valence-electron chi connectivity index (χ4n) is 1.70. The summed E-state index contributed by atoms with van der Waals surface area (Å²) in [6.45, 7) is 1.38. The highest BCUT2D eigenvalue weighted by molar-refractivity contribution is 6.35. The van der Waals surface area contributed by atoms with Crippen LogP contribution in [0.25, 0.3) is 0 Å². The van der Waals surface area contributed by atoms with Crippen LogP contribution in [0, 0.1) is 24.4 Å². The fourth-order valence-corrected chi connectivity index (χ4v) is 1.95. The van der Waals surface area contributed by atoms with Crippen molar-refractivity contribution in [1.29, 1.82) is 0 Å². The molecule has 0 aliphatic heterocycles. The summed E-state index contributed by atoms with van der Waals surface area (Å²) < 4.78 is 41.0. The molecule has 0 heterocycles. The molecule has 0 radical (unpaired) electrons. The summed E-state index contributed by atoms with van der Waals surface area (Å²) in [7, 11) is 0. The molecule has 2 aromatic carbocycles. The molecule has 0 amide bonds. The normalized spacial score (nSPS) is 10.6. The molecule has 0 unspecified atom stereocenters. The first-order valence-corrected chi connectivity index (χ1v) is 5.74. The molecule has 0 aliphatic carbocycles. The quantitative estimate of drug-likeness (QED) is 0.752. The van der Waals surface area contributed by atoms with E-state index in [9.17, 15) is 18.0 Å². The molecule has 2 aromatic rings. The number of hydrogen-bond donors (Lipinski definition) is 0. The first-order valence-electron chi connectivity index (χ1n) is 5.36. The minimum atomic E-state index is -1.11. The zero-order valence-corrected chi connectivity index (χ0v) is 10.6. The van der Waals surface area contributed by atoms with Gasteiger partial charge < -0.3 is 0 Å². The third-order valence-electron chi connectivity index (χ3n) is 2.70. The Kier molecular flexibility index (Phi) is 3.62. The third kappa shape index (κ3) is 2.36. The van der Waals surface area contributed by atoms with Gasteiger partial charge in [-0.15, -0.1) is 0 Å². The molecule has 19 heavy (non-hydrogen) atoms. The molecule has 0 aromatic heterocycles. The second-order valence-electron chi connectivity index (χ2n) is 3.98. The van der Waals surface area contributed by atoms with Gasteiger partial charge in [0, 0.05) is 0 Å². The van der Waals surface area contributed by atoms with Crippen molar-refractivity contribution in [1.82, 2.24) is 0 Å². The number of aryl methyl sites for hydroxylation is 1. The molecule has 0 saturated heterocycles. The highest BCUT2D eigenvalue weighted by Gasteiger charge is 2.24. The Morgan fingerprint density at radius 1 is 1.00 bits per heavy atom. The first-order chi connectivity index (χ1) is 8.93. The summed E-state index contributed by atoms with van der Waals surface area (Å²) in [5, 5.41) is -0.190. The fraction of sp³-hybridized carbons (Fsp3) is 0.0714. The smallest absolute Gasteiger partial charge is 0.203 e. The minimum absolute atomic E-state index is 0.0946. The van der Waals surface area contributed by atoms with Crippen molar-refractivity contribution in [3.63, 3.8) is 0 Å². The van der Waals surface area contributed by atoms with Crippen molar-refractivity contribution in [2.24, 2.45) is 0 Å². The summed E-state index contributed by atoms with van der Waals surface area (Å²) in [4.78, 5) is 12.1. The van der Waals surface area contributed by atoms with Gasteiger partial charge in [-0.05, 0) is 30.7 Å². The van der Waals surface area contributed by atoms with Crippen molar-refractivity contribution in [3.05, 3.63) is 69.5 Å². The van der Waals surface area contributed by atoms with Crippen LogP contribution in [0.5, 0.6) is 0 Å². The Morgan fingerprint density at radius 2 is 1.63 bits per heavy atom. The van der Waals surface area contributed by atoms with E-state index in [1.54, 1.807) is 0 Å². The maximum Gasteiger partial charge on any atom is 0.203 e. The van der Waals surface area contributed by atoms with E-state index in [0.29, 0.717) is 0 Å². The largest absolute Gasteiger partial charge is 0.288 e. The Balaban J connectivity index is 2.67. The van der Waals surface area contributed by atoms with E-state index in [2.05, 4.69) is 0 Å². The number of halogens is 4. The lowest BCUT2D eigenvalue weighted by molar-refractivity contribution is 0.102. The maximum atomic E-state index is 13.8. The Hall–Kier alpha value is -1.81. The molecular formula is C14H8ClF3O. The van der Waals surface area contributed by atoms with Gasteiger partial charge in [0.05, 0.1) is 16.1 Å². The van der Waals surface area contributed by atoms with Crippen LogP contribution < -0.4 is 0 Å². The minimum Gasteiger partial charge on any atom is -0.288 e. The summed E-state index contributed by atoms with van der Waals surface area (Å²) in [5.74, 6) is -4.09. The Labute approximate surface area is 112 Å². The van der Waals surface area contributed by atoms with Crippen LogP contribution in [-0.2, 0) is 0 Å². The van der Waals surface area contributed by atoms with Crippen LogP contribution in [0.4, 0.5) is 13.2 Å². The van der Waals surface area contributed by atoms with Crippen LogP contribution in [0.3, 0.4) is 0 Å². The third-order valence-corrected chi connectivity index (χ3v) is 3.02. The van der Waals surface area contributed by atoms with E-state index in [1.807, 2.05) is 0 Å². The number of rotatable bonds is 2. The maximum absolute atomic E-state index is 13.8. The molecule has 0 spiro atoms. The first kappa shape index (κ1) is 13.6. The highest BCUT2D eigenvalue weighted by Crippen LogP contribution is 2.26. The van der Waals surface area contributed by atoms with Gasteiger partial charge in [0.2, 0.25) is 5.78 Å². The molecule has 5 heteroatoms. The lowest BCUT2D eigenvalue weighted by Crippen LogP contribution is -2.11. The van der Waals surface area contributed by atoms with Gasteiger partial charge in [0.15, 0.2) is 0 Å². The molecule has 0 saturated carbocycles. The van der Waals surface area contributed by atoms with Gasteiger partial charge in [-0.1, -0.05) is 23.7 Å². The van der Waals surface area contributed by atoms with Crippen molar-refractivity contribution in [2.75, 3.05) is 0 Å². The second-order valence-corrected chi connectivity index (χ2v) is 4.39. The van der Waals surface area contributed by atoms with Crippen molar-refractivity contribution in [2.45, 2.75) is 6.92 Å². The van der Waals surface area contributed by atoms with Gasteiger partial charge in [-0.2, -0.15) is 0 Å². The van der Waals surface area contributed by atoms with Gasteiger partial charge in [0.25, 0.3) is 0 Å². The molecule has 0 atom stereocenters. The van der Waals surface area contributed by atoms with Crippen molar-refractivity contribution >= 4 is 17.4 Å². The molecule has 0 fully saturated rings. The van der Waals surface area contributed by atoms with Crippen LogP contribution in [0.15, 0.2) is 30.3 Å². The number of carbonyl (C=O) groups excluding carboxylic acids is 1. The predicted octanol–water partition coefficient (Wildman–Crippen LogP) is 4.30. The van der Waals surface area contributed by atoms with E-state index in [4.69, 9.17) is 11.6 Å². The molecule has 2 rings (SSSR count). The number of hydrogen-bond acceptors (Lipinski definition) is 1. The van der Waals surface area contributed by atoms with E-state index in [0.717, 1.165) is 12.1 Å². The monoisotopic (exact) mass is 284 g/mol. The topological polar surface area (TPSA) is 17.1 Å². The number of carbonyl (C=O) groups is 1. The predicted molar refractivity (Wildman–Crippen MR) is 65.9 cm³/mol. The summed E-state index contributed by atoms with van der Waals surface area (Å²) in [5.41, 5.74) is -1.24. The van der Waals surface area contributed by atoms with Crippen molar-refractivity contribution in [3.8, 4) is 0 Å². The number of ketones is 1.